The zero-order chi connectivity index (χ0) is 14.0. The van der Waals surface area contributed by atoms with Gasteiger partial charge in [-0.15, -0.1) is 0 Å². The van der Waals surface area contributed by atoms with Gasteiger partial charge < -0.3 is 0 Å². The molecule has 0 unspecified atom stereocenters. The first-order valence-electron chi connectivity index (χ1n) is 5.66. The van der Waals surface area contributed by atoms with Crippen LogP contribution in [0, 0.1) is 0 Å². The fraction of sp³-hybridized carbons (Fsp3) is 0.214. The number of hydrogen-bond acceptors (Lipinski definition) is 1. The summed E-state index contributed by atoms with van der Waals surface area (Å²) in [6.45, 7) is 0. The van der Waals surface area contributed by atoms with Crippen LogP contribution in [0.2, 0.25) is 0 Å². The number of hydrogen-bond donors (Lipinski definition) is 0. The van der Waals surface area contributed by atoms with E-state index in [0.29, 0.717) is 10.9 Å². The lowest BCUT2D eigenvalue weighted by molar-refractivity contribution is -0.133. The van der Waals surface area contributed by atoms with E-state index in [1.165, 1.54) is 0 Å². The molecule has 5 heteroatoms. The van der Waals surface area contributed by atoms with Gasteiger partial charge >= 0.3 is 6.18 Å². The summed E-state index contributed by atoms with van der Waals surface area (Å²) in [4.78, 5) is 11.9. The molecule has 0 aliphatic carbocycles. The third kappa shape index (κ3) is 3.35. The molecule has 0 spiro atoms. The molecule has 2 rings (SSSR count). The molecular formula is C14H10BrF3O. The van der Waals surface area contributed by atoms with E-state index in [1.807, 2.05) is 12.1 Å². The van der Waals surface area contributed by atoms with Crippen molar-refractivity contribution in [3.63, 3.8) is 0 Å². The van der Waals surface area contributed by atoms with Crippen molar-refractivity contribution in [2.75, 3.05) is 0 Å². The average molecular weight is 331 g/mol. The third-order valence-corrected chi connectivity index (χ3v) is 3.50. The molecule has 0 saturated heterocycles. The molecule has 2 aromatic carbocycles. The highest BCUT2D eigenvalue weighted by Gasteiger charge is 2.28. The molecule has 0 aromatic heterocycles. The zero-order valence-corrected chi connectivity index (χ0v) is 11.4. The molecule has 0 saturated carbocycles. The largest absolute Gasteiger partial charge is 0.389 e. The smallest absolute Gasteiger partial charge is 0.294 e. The van der Waals surface area contributed by atoms with Gasteiger partial charge in [0.1, 0.15) is 0 Å². The highest BCUT2D eigenvalue weighted by molar-refractivity contribution is 9.10. The van der Waals surface area contributed by atoms with Crippen molar-refractivity contribution in [2.45, 2.75) is 19.0 Å². The number of fused-ring (bicyclic) bond motifs is 1. The number of Topliss-reactive ketones (excluding diaryl/α,β-unsaturated/α-hetero) is 1. The van der Waals surface area contributed by atoms with Gasteiger partial charge in [0.2, 0.25) is 0 Å². The summed E-state index contributed by atoms with van der Waals surface area (Å²) in [6.07, 6.45) is -5.91. The van der Waals surface area contributed by atoms with Gasteiger partial charge in [-0.25, -0.2) is 0 Å². The monoisotopic (exact) mass is 330 g/mol. The molecule has 0 bridgehead atoms. The molecule has 1 nitrogen and oxygen atoms in total. The first-order chi connectivity index (χ1) is 8.88. The Hall–Kier alpha value is -1.36. The van der Waals surface area contributed by atoms with Crippen molar-refractivity contribution in [3.05, 3.63) is 46.4 Å². The van der Waals surface area contributed by atoms with Gasteiger partial charge in [-0.3, -0.25) is 4.79 Å². The number of halogens is 4. The molecule has 0 aliphatic rings. The summed E-state index contributed by atoms with van der Waals surface area (Å²) in [5, 5.41) is 1.49. The van der Waals surface area contributed by atoms with E-state index in [2.05, 4.69) is 15.9 Å². The van der Waals surface area contributed by atoms with Gasteiger partial charge in [-0.05, 0) is 22.9 Å². The number of ketones is 1. The molecule has 2 aromatic rings. The lowest BCUT2D eigenvalue weighted by Gasteiger charge is -2.09. The fourth-order valence-corrected chi connectivity index (χ4v) is 2.37. The number of carbonyl (C=O) groups excluding carboxylic acids is 1. The quantitative estimate of drug-likeness (QED) is 0.713. The molecule has 0 heterocycles. The van der Waals surface area contributed by atoms with Crippen molar-refractivity contribution in [1.82, 2.24) is 0 Å². The maximum absolute atomic E-state index is 12.2. The van der Waals surface area contributed by atoms with Crippen molar-refractivity contribution in [3.8, 4) is 0 Å². The normalized spacial score (nSPS) is 11.8. The number of carbonyl (C=O) groups is 1. The maximum Gasteiger partial charge on any atom is 0.389 e. The van der Waals surface area contributed by atoms with Crippen LogP contribution in [-0.2, 0) is 0 Å². The summed E-state index contributed by atoms with van der Waals surface area (Å²) in [5.74, 6) is -0.485. The number of rotatable bonds is 3. The Morgan fingerprint density at radius 2 is 1.68 bits per heavy atom. The van der Waals surface area contributed by atoms with Gasteiger partial charge in [0, 0.05) is 16.5 Å². The summed E-state index contributed by atoms with van der Waals surface area (Å²) >= 11 is 3.36. The minimum absolute atomic E-state index is 0.336. The minimum Gasteiger partial charge on any atom is -0.294 e. The molecule has 0 aliphatic heterocycles. The predicted molar refractivity (Wildman–Crippen MR) is 71.3 cm³/mol. The Morgan fingerprint density at radius 3 is 2.32 bits per heavy atom. The van der Waals surface area contributed by atoms with Crippen LogP contribution in [0.1, 0.15) is 23.2 Å². The average Bonchev–Trinajstić information content (AvgIpc) is 2.36. The second kappa shape index (κ2) is 5.33. The second-order valence-corrected chi connectivity index (χ2v) is 5.03. The first-order valence-corrected chi connectivity index (χ1v) is 6.45. The van der Waals surface area contributed by atoms with E-state index in [0.717, 1.165) is 9.86 Å². The second-order valence-electron chi connectivity index (χ2n) is 4.18. The van der Waals surface area contributed by atoms with E-state index in [4.69, 9.17) is 0 Å². The van der Waals surface area contributed by atoms with Crippen LogP contribution >= 0.6 is 15.9 Å². The van der Waals surface area contributed by atoms with Crippen molar-refractivity contribution >= 4 is 32.5 Å². The highest BCUT2D eigenvalue weighted by atomic mass is 79.9. The topological polar surface area (TPSA) is 17.1 Å². The summed E-state index contributed by atoms with van der Waals surface area (Å²) in [7, 11) is 0. The van der Waals surface area contributed by atoms with Crippen LogP contribution in [0.4, 0.5) is 13.2 Å². The zero-order valence-electron chi connectivity index (χ0n) is 9.80. The van der Waals surface area contributed by atoms with E-state index in [-0.39, 0.29) is 0 Å². The van der Waals surface area contributed by atoms with Crippen LogP contribution in [0.15, 0.2) is 40.9 Å². The van der Waals surface area contributed by atoms with Crippen molar-refractivity contribution in [2.24, 2.45) is 0 Å². The van der Waals surface area contributed by atoms with Crippen molar-refractivity contribution in [1.29, 1.82) is 0 Å². The Labute approximate surface area is 116 Å². The molecule has 0 radical (unpaired) electrons. The Bertz CT molecular complexity index is 620. The number of alkyl halides is 3. The molecule has 0 amide bonds. The minimum atomic E-state index is -4.30. The molecule has 0 N–H and O–H groups in total. The molecule has 100 valence electrons. The Kier molecular flexibility index (Phi) is 3.94. The molecule has 0 atom stereocenters. The standard InChI is InChI=1S/C14H10BrF3O/c15-12-6-5-11(9-3-1-2-4-10(9)12)13(19)7-8-14(16,17)18/h1-6H,7-8H2. The molecular weight excluding hydrogens is 321 g/mol. The van der Waals surface area contributed by atoms with Gasteiger partial charge in [0.15, 0.2) is 5.78 Å². The van der Waals surface area contributed by atoms with E-state index in [9.17, 15) is 18.0 Å². The van der Waals surface area contributed by atoms with Crippen LogP contribution in [-0.4, -0.2) is 12.0 Å². The molecule has 0 fully saturated rings. The molecule has 19 heavy (non-hydrogen) atoms. The van der Waals surface area contributed by atoms with E-state index < -0.39 is 24.8 Å². The fourth-order valence-electron chi connectivity index (χ4n) is 1.90. The van der Waals surface area contributed by atoms with E-state index >= 15 is 0 Å². The van der Waals surface area contributed by atoms with Crippen LogP contribution in [0.25, 0.3) is 10.8 Å². The van der Waals surface area contributed by atoms with Crippen LogP contribution < -0.4 is 0 Å². The van der Waals surface area contributed by atoms with Gasteiger partial charge in [0.25, 0.3) is 0 Å². The number of benzene rings is 2. The summed E-state index contributed by atoms with van der Waals surface area (Å²) in [5.41, 5.74) is 0.336. The maximum atomic E-state index is 12.2. The SMILES string of the molecule is O=C(CCC(F)(F)F)c1ccc(Br)c2ccccc12. The van der Waals surface area contributed by atoms with Crippen LogP contribution in [0.5, 0.6) is 0 Å². The highest BCUT2D eigenvalue weighted by Crippen LogP contribution is 2.29. The van der Waals surface area contributed by atoms with Gasteiger partial charge in [-0.1, -0.05) is 40.2 Å². The van der Waals surface area contributed by atoms with Gasteiger partial charge in [0.05, 0.1) is 6.42 Å². The lowest BCUT2D eigenvalue weighted by Crippen LogP contribution is -2.11. The van der Waals surface area contributed by atoms with E-state index in [1.54, 1.807) is 24.3 Å². The van der Waals surface area contributed by atoms with Gasteiger partial charge in [-0.2, -0.15) is 13.2 Å². The summed E-state index contributed by atoms with van der Waals surface area (Å²) < 4.78 is 37.3. The third-order valence-electron chi connectivity index (χ3n) is 2.81. The predicted octanol–water partition coefficient (Wildman–Crippen LogP) is 5.13. The Balaban J connectivity index is 2.35. The summed E-state index contributed by atoms with van der Waals surface area (Å²) in [6, 6.07) is 10.4. The Morgan fingerprint density at radius 1 is 1.05 bits per heavy atom. The van der Waals surface area contributed by atoms with Crippen LogP contribution in [0.3, 0.4) is 0 Å². The lowest BCUT2D eigenvalue weighted by atomic mass is 9.99. The van der Waals surface area contributed by atoms with Crippen molar-refractivity contribution < 1.29 is 18.0 Å². The first kappa shape index (κ1) is 14.1.